The molecule has 0 saturated carbocycles. The zero-order valence-electron chi connectivity index (χ0n) is 14.9. The summed E-state index contributed by atoms with van der Waals surface area (Å²) in [6.45, 7) is 5.48. The molecule has 1 aliphatic heterocycles. The van der Waals surface area contributed by atoms with E-state index in [1.165, 1.54) is 4.90 Å². The molecule has 0 aliphatic carbocycles. The van der Waals surface area contributed by atoms with Gasteiger partial charge < -0.3 is 4.74 Å². The van der Waals surface area contributed by atoms with E-state index in [0.717, 1.165) is 17.7 Å². The first-order chi connectivity index (χ1) is 11.9. The van der Waals surface area contributed by atoms with Crippen molar-refractivity contribution in [1.29, 1.82) is 0 Å². The van der Waals surface area contributed by atoms with Crippen LogP contribution in [0.3, 0.4) is 0 Å². The first-order valence-electron chi connectivity index (χ1n) is 8.56. The quantitative estimate of drug-likeness (QED) is 0.751. The smallest absolute Gasteiger partial charge is 0.415 e. The number of nitrogens with zero attached hydrogens (tertiary/aromatic N) is 1. The van der Waals surface area contributed by atoms with Crippen LogP contribution in [0.2, 0.25) is 0 Å². The molecule has 4 nitrogen and oxygen atoms in total. The van der Waals surface area contributed by atoms with Crippen molar-refractivity contribution in [1.82, 2.24) is 0 Å². The van der Waals surface area contributed by atoms with Crippen LogP contribution in [-0.4, -0.2) is 23.5 Å². The molecule has 4 heteroatoms. The molecule has 0 fully saturated rings. The molecule has 0 saturated heterocycles. The van der Waals surface area contributed by atoms with Gasteiger partial charge in [-0.3, -0.25) is 9.69 Å². The molecule has 1 unspecified atom stereocenters. The molecule has 3 rings (SSSR count). The zero-order valence-corrected chi connectivity index (χ0v) is 14.9. The molecule has 0 spiro atoms. The molecular weight excluding hydrogens is 314 g/mol. The Balaban J connectivity index is 1.99. The summed E-state index contributed by atoms with van der Waals surface area (Å²) in [5.41, 5.74) is 1.81. The van der Waals surface area contributed by atoms with Gasteiger partial charge in [-0.15, -0.1) is 0 Å². The number of fused-ring (bicyclic) bond motifs is 1. The molecule has 25 heavy (non-hydrogen) atoms. The SMILES string of the molecule is CC(C)(C)OC(=O)N1c2ccccc2CCC1C(=O)c1ccccc1. The lowest BCUT2D eigenvalue weighted by Gasteiger charge is -2.37. The van der Waals surface area contributed by atoms with Crippen LogP contribution in [0.15, 0.2) is 54.6 Å². The number of hydrogen-bond donors (Lipinski definition) is 0. The third-order valence-corrected chi connectivity index (χ3v) is 4.20. The molecule has 0 N–H and O–H groups in total. The van der Waals surface area contributed by atoms with E-state index in [0.29, 0.717) is 12.0 Å². The minimum Gasteiger partial charge on any atom is -0.443 e. The van der Waals surface area contributed by atoms with Crippen molar-refractivity contribution >= 4 is 17.6 Å². The van der Waals surface area contributed by atoms with E-state index in [1.54, 1.807) is 12.1 Å². The van der Waals surface area contributed by atoms with Crippen LogP contribution < -0.4 is 4.90 Å². The molecule has 130 valence electrons. The third kappa shape index (κ3) is 3.73. The molecule has 1 atom stereocenters. The highest BCUT2D eigenvalue weighted by Gasteiger charge is 2.38. The topological polar surface area (TPSA) is 46.6 Å². The Labute approximate surface area is 148 Å². The summed E-state index contributed by atoms with van der Waals surface area (Å²) < 4.78 is 5.59. The Kier molecular flexibility index (Phi) is 4.62. The van der Waals surface area contributed by atoms with Gasteiger partial charge in [-0.25, -0.2) is 4.79 Å². The van der Waals surface area contributed by atoms with E-state index in [-0.39, 0.29) is 5.78 Å². The Morgan fingerprint density at radius 3 is 2.32 bits per heavy atom. The van der Waals surface area contributed by atoms with E-state index in [9.17, 15) is 9.59 Å². The van der Waals surface area contributed by atoms with Crippen molar-refractivity contribution in [2.75, 3.05) is 4.90 Å². The molecule has 0 aromatic heterocycles. The zero-order chi connectivity index (χ0) is 18.0. The van der Waals surface area contributed by atoms with E-state index in [2.05, 4.69) is 0 Å². The van der Waals surface area contributed by atoms with E-state index in [1.807, 2.05) is 63.2 Å². The van der Waals surface area contributed by atoms with Crippen molar-refractivity contribution in [2.45, 2.75) is 45.3 Å². The number of benzene rings is 2. The maximum absolute atomic E-state index is 13.0. The summed E-state index contributed by atoms with van der Waals surface area (Å²) >= 11 is 0. The summed E-state index contributed by atoms with van der Waals surface area (Å²) in [6, 6.07) is 16.3. The summed E-state index contributed by atoms with van der Waals surface area (Å²) in [7, 11) is 0. The van der Waals surface area contributed by atoms with Crippen LogP contribution in [0.5, 0.6) is 0 Å². The molecule has 1 aliphatic rings. The number of aryl methyl sites for hydroxylation is 1. The average Bonchev–Trinajstić information content (AvgIpc) is 2.59. The Hall–Kier alpha value is -2.62. The predicted molar refractivity (Wildman–Crippen MR) is 98.0 cm³/mol. The molecular formula is C21H23NO3. The van der Waals surface area contributed by atoms with Gasteiger partial charge in [-0.1, -0.05) is 48.5 Å². The number of anilines is 1. The van der Waals surface area contributed by atoms with Crippen molar-refractivity contribution in [2.24, 2.45) is 0 Å². The Morgan fingerprint density at radius 2 is 1.64 bits per heavy atom. The van der Waals surface area contributed by atoms with Crippen LogP contribution in [0.25, 0.3) is 0 Å². The Bertz CT molecular complexity index is 777. The van der Waals surface area contributed by atoms with Crippen molar-refractivity contribution in [3.05, 3.63) is 65.7 Å². The second kappa shape index (κ2) is 6.71. The second-order valence-corrected chi connectivity index (χ2v) is 7.26. The lowest BCUT2D eigenvalue weighted by Crippen LogP contribution is -2.50. The highest BCUT2D eigenvalue weighted by atomic mass is 16.6. The summed E-state index contributed by atoms with van der Waals surface area (Å²) in [4.78, 5) is 27.4. The normalized spacial score (nSPS) is 16.9. The third-order valence-electron chi connectivity index (χ3n) is 4.20. The second-order valence-electron chi connectivity index (χ2n) is 7.26. The van der Waals surface area contributed by atoms with E-state index < -0.39 is 17.7 Å². The fourth-order valence-electron chi connectivity index (χ4n) is 3.13. The number of Topliss-reactive ketones (excluding diaryl/α,β-unsaturated/α-hetero) is 1. The summed E-state index contributed by atoms with van der Waals surface area (Å²) in [5.74, 6) is -0.0547. The highest BCUT2D eigenvalue weighted by molar-refractivity contribution is 6.07. The largest absolute Gasteiger partial charge is 0.443 e. The van der Waals surface area contributed by atoms with Gasteiger partial charge in [0.15, 0.2) is 5.78 Å². The number of hydrogen-bond acceptors (Lipinski definition) is 3. The van der Waals surface area contributed by atoms with Gasteiger partial charge in [0.05, 0.1) is 5.69 Å². The molecule has 2 aromatic rings. The standard InChI is InChI=1S/C21H23NO3/c1-21(2,3)25-20(24)22-17-12-8-7-9-15(17)13-14-18(22)19(23)16-10-5-4-6-11-16/h4-12,18H,13-14H2,1-3H3. The molecule has 1 heterocycles. The van der Waals surface area contributed by atoms with Gasteiger partial charge >= 0.3 is 6.09 Å². The number of ketones is 1. The molecule has 0 radical (unpaired) electrons. The van der Waals surface area contributed by atoms with Gasteiger partial charge in [0.2, 0.25) is 0 Å². The number of para-hydroxylation sites is 1. The lowest BCUT2D eigenvalue weighted by atomic mass is 9.91. The van der Waals surface area contributed by atoms with E-state index >= 15 is 0 Å². The van der Waals surface area contributed by atoms with Gasteiger partial charge in [-0.05, 0) is 45.2 Å². The lowest BCUT2D eigenvalue weighted by molar-refractivity contribution is 0.0548. The van der Waals surface area contributed by atoms with Gasteiger partial charge in [0, 0.05) is 5.56 Å². The molecule has 1 amide bonds. The maximum Gasteiger partial charge on any atom is 0.415 e. The fourth-order valence-corrected chi connectivity index (χ4v) is 3.13. The van der Waals surface area contributed by atoms with Crippen LogP contribution in [-0.2, 0) is 11.2 Å². The van der Waals surface area contributed by atoms with Crippen LogP contribution in [0, 0.1) is 0 Å². The average molecular weight is 337 g/mol. The minimum absolute atomic E-state index is 0.0547. The van der Waals surface area contributed by atoms with E-state index in [4.69, 9.17) is 4.74 Å². The molecule has 2 aromatic carbocycles. The van der Waals surface area contributed by atoms with Crippen molar-refractivity contribution in [3.8, 4) is 0 Å². The fraction of sp³-hybridized carbons (Fsp3) is 0.333. The maximum atomic E-state index is 13.0. The number of ether oxygens (including phenoxy) is 1. The van der Waals surface area contributed by atoms with Gasteiger partial charge in [0.25, 0.3) is 0 Å². The monoisotopic (exact) mass is 337 g/mol. The number of amides is 1. The van der Waals surface area contributed by atoms with Gasteiger partial charge in [0.1, 0.15) is 11.6 Å². The molecule has 0 bridgehead atoms. The van der Waals surface area contributed by atoms with Crippen molar-refractivity contribution in [3.63, 3.8) is 0 Å². The summed E-state index contributed by atoms with van der Waals surface area (Å²) in [6.07, 6.45) is 0.872. The van der Waals surface area contributed by atoms with Gasteiger partial charge in [-0.2, -0.15) is 0 Å². The van der Waals surface area contributed by atoms with Crippen LogP contribution in [0.1, 0.15) is 43.1 Å². The first-order valence-corrected chi connectivity index (χ1v) is 8.56. The number of carbonyl (C=O) groups excluding carboxylic acids is 2. The highest BCUT2D eigenvalue weighted by Crippen LogP contribution is 2.33. The number of rotatable bonds is 2. The summed E-state index contributed by atoms with van der Waals surface area (Å²) in [5, 5.41) is 0. The number of carbonyl (C=O) groups is 2. The Morgan fingerprint density at radius 1 is 1.00 bits per heavy atom. The van der Waals surface area contributed by atoms with Crippen LogP contribution in [0.4, 0.5) is 10.5 Å². The predicted octanol–water partition coefficient (Wildman–Crippen LogP) is 4.63. The first kappa shape index (κ1) is 17.2. The minimum atomic E-state index is -0.621. The van der Waals surface area contributed by atoms with Crippen molar-refractivity contribution < 1.29 is 14.3 Å². The van der Waals surface area contributed by atoms with Crippen LogP contribution >= 0.6 is 0 Å².